The van der Waals surface area contributed by atoms with Gasteiger partial charge in [0.05, 0.1) is 4.90 Å². The Balaban J connectivity index is 2.05. The molecule has 0 spiro atoms. The molecule has 0 fully saturated rings. The monoisotopic (exact) mass is 278 g/mol. The van der Waals surface area contributed by atoms with Gasteiger partial charge in [-0.15, -0.1) is 0 Å². The Morgan fingerprint density at radius 3 is 2.26 bits per heavy atom. The van der Waals surface area contributed by atoms with Gasteiger partial charge in [-0.3, -0.25) is 4.55 Å². The van der Waals surface area contributed by atoms with E-state index in [1.165, 1.54) is 6.07 Å². The van der Waals surface area contributed by atoms with Gasteiger partial charge in [0.25, 0.3) is 10.1 Å². The highest BCUT2D eigenvalue weighted by Crippen LogP contribution is 2.14. The van der Waals surface area contributed by atoms with E-state index in [0.717, 1.165) is 5.69 Å². The van der Waals surface area contributed by atoms with Crippen molar-refractivity contribution in [2.75, 3.05) is 5.43 Å². The zero-order chi connectivity index (χ0) is 13.7. The standard InChI is InChI=1S/C13H14N2O3S/c16-19(17,18)13-9-5-4-6-11(13)10-14-15-12-7-2-1-3-8-12/h1-9,14-15H,10H2,(H,16,17,18). The second-order valence-corrected chi connectivity index (χ2v) is 5.32. The number of anilines is 1. The van der Waals surface area contributed by atoms with Gasteiger partial charge in [0.15, 0.2) is 0 Å². The molecule has 0 radical (unpaired) electrons. The highest BCUT2D eigenvalue weighted by Gasteiger charge is 2.13. The van der Waals surface area contributed by atoms with Crippen molar-refractivity contribution >= 4 is 15.8 Å². The molecular weight excluding hydrogens is 264 g/mol. The van der Waals surface area contributed by atoms with Gasteiger partial charge in [-0.2, -0.15) is 8.42 Å². The smallest absolute Gasteiger partial charge is 0.294 e. The van der Waals surface area contributed by atoms with Crippen molar-refractivity contribution in [3.63, 3.8) is 0 Å². The summed E-state index contributed by atoms with van der Waals surface area (Å²) in [5.74, 6) is 0. The van der Waals surface area contributed by atoms with Crippen LogP contribution in [0.5, 0.6) is 0 Å². The summed E-state index contributed by atoms with van der Waals surface area (Å²) >= 11 is 0. The van der Waals surface area contributed by atoms with E-state index < -0.39 is 10.1 Å². The maximum Gasteiger partial charge on any atom is 0.294 e. The molecule has 2 aromatic rings. The van der Waals surface area contributed by atoms with Crippen LogP contribution in [0, 0.1) is 0 Å². The molecule has 0 unspecified atom stereocenters. The quantitative estimate of drug-likeness (QED) is 0.576. The van der Waals surface area contributed by atoms with Crippen molar-refractivity contribution in [3.8, 4) is 0 Å². The number of hydrazine groups is 1. The first-order valence-electron chi connectivity index (χ1n) is 5.67. The first-order valence-corrected chi connectivity index (χ1v) is 7.11. The van der Waals surface area contributed by atoms with E-state index >= 15 is 0 Å². The van der Waals surface area contributed by atoms with Crippen LogP contribution in [0.1, 0.15) is 5.56 Å². The van der Waals surface area contributed by atoms with E-state index in [2.05, 4.69) is 10.9 Å². The molecule has 0 amide bonds. The minimum absolute atomic E-state index is 0.0858. The highest BCUT2D eigenvalue weighted by molar-refractivity contribution is 7.85. The molecular formula is C13H14N2O3S. The van der Waals surface area contributed by atoms with Crippen molar-refractivity contribution in [2.45, 2.75) is 11.4 Å². The predicted molar refractivity (Wildman–Crippen MR) is 73.2 cm³/mol. The third-order valence-electron chi connectivity index (χ3n) is 2.54. The van der Waals surface area contributed by atoms with Gasteiger partial charge in [0.2, 0.25) is 0 Å². The minimum Gasteiger partial charge on any atom is -0.321 e. The van der Waals surface area contributed by atoms with E-state index in [-0.39, 0.29) is 11.4 Å². The van der Waals surface area contributed by atoms with Crippen molar-refractivity contribution in [1.82, 2.24) is 5.43 Å². The summed E-state index contributed by atoms with van der Waals surface area (Å²) < 4.78 is 31.5. The summed E-state index contributed by atoms with van der Waals surface area (Å²) in [5.41, 5.74) is 7.21. The molecule has 2 aromatic carbocycles. The Bertz CT molecular complexity index is 642. The summed E-state index contributed by atoms with van der Waals surface area (Å²) in [7, 11) is -4.20. The summed E-state index contributed by atoms with van der Waals surface area (Å²) in [4.78, 5) is -0.0858. The molecule has 3 N–H and O–H groups in total. The Morgan fingerprint density at radius 1 is 0.947 bits per heavy atom. The van der Waals surface area contributed by atoms with Crippen molar-refractivity contribution in [2.24, 2.45) is 0 Å². The zero-order valence-corrected chi connectivity index (χ0v) is 10.9. The second-order valence-electron chi connectivity index (χ2n) is 3.93. The highest BCUT2D eigenvalue weighted by atomic mass is 32.2. The Kier molecular flexibility index (Phi) is 4.16. The van der Waals surface area contributed by atoms with Crippen LogP contribution in [0.4, 0.5) is 5.69 Å². The van der Waals surface area contributed by atoms with Crippen LogP contribution in [0.3, 0.4) is 0 Å². The average molecular weight is 278 g/mol. The van der Waals surface area contributed by atoms with E-state index in [4.69, 9.17) is 4.55 Å². The summed E-state index contributed by atoms with van der Waals surface area (Å²) in [6, 6.07) is 15.7. The summed E-state index contributed by atoms with van der Waals surface area (Å²) in [6.07, 6.45) is 0. The Hall–Kier alpha value is -1.89. The maximum absolute atomic E-state index is 11.2. The van der Waals surface area contributed by atoms with Crippen molar-refractivity contribution < 1.29 is 13.0 Å². The van der Waals surface area contributed by atoms with E-state index in [0.29, 0.717) is 5.56 Å². The molecule has 0 aliphatic carbocycles. The van der Waals surface area contributed by atoms with E-state index in [1.54, 1.807) is 18.2 Å². The second kappa shape index (κ2) is 5.83. The third kappa shape index (κ3) is 3.78. The zero-order valence-electron chi connectivity index (χ0n) is 10.1. The van der Waals surface area contributed by atoms with Gasteiger partial charge in [0, 0.05) is 12.2 Å². The summed E-state index contributed by atoms with van der Waals surface area (Å²) in [6.45, 7) is 0.269. The molecule has 0 heterocycles. The van der Waals surface area contributed by atoms with Gasteiger partial charge < -0.3 is 5.43 Å². The molecule has 0 aliphatic rings. The first-order chi connectivity index (χ1) is 9.07. The predicted octanol–water partition coefficient (Wildman–Crippen LogP) is 2.05. The molecule has 0 saturated carbocycles. The molecule has 0 aliphatic heterocycles. The number of hydrogen-bond acceptors (Lipinski definition) is 4. The number of nitrogens with one attached hydrogen (secondary N) is 2. The maximum atomic E-state index is 11.2. The normalized spacial score (nSPS) is 11.2. The van der Waals surface area contributed by atoms with Crippen LogP contribution in [-0.2, 0) is 16.7 Å². The van der Waals surface area contributed by atoms with Crippen LogP contribution in [-0.4, -0.2) is 13.0 Å². The number of hydrogen-bond donors (Lipinski definition) is 3. The van der Waals surface area contributed by atoms with Crippen molar-refractivity contribution in [3.05, 3.63) is 60.2 Å². The molecule has 0 aromatic heterocycles. The van der Waals surface area contributed by atoms with Crippen LogP contribution in [0.15, 0.2) is 59.5 Å². The summed E-state index contributed by atoms with van der Waals surface area (Å²) in [5, 5.41) is 0. The fourth-order valence-electron chi connectivity index (χ4n) is 1.66. The first kappa shape index (κ1) is 13.5. The lowest BCUT2D eigenvalue weighted by atomic mass is 10.2. The molecule has 100 valence electrons. The average Bonchev–Trinajstić information content (AvgIpc) is 2.39. The fraction of sp³-hybridized carbons (Fsp3) is 0.0769. The van der Waals surface area contributed by atoms with Gasteiger partial charge in [0.1, 0.15) is 0 Å². The van der Waals surface area contributed by atoms with E-state index in [9.17, 15) is 8.42 Å². The molecule has 6 heteroatoms. The minimum atomic E-state index is -4.20. The van der Waals surface area contributed by atoms with Crippen molar-refractivity contribution in [1.29, 1.82) is 0 Å². The largest absolute Gasteiger partial charge is 0.321 e. The van der Waals surface area contributed by atoms with Gasteiger partial charge in [-0.1, -0.05) is 36.4 Å². The number of benzene rings is 2. The lowest BCUT2D eigenvalue weighted by Crippen LogP contribution is -2.22. The number of para-hydroxylation sites is 1. The number of rotatable bonds is 5. The van der Waals surface area contributed by atoms with E-state index in [1.807, 2.05) is 30.3 Å². The Labute approximate surface area is 112 Å². The van der Waals surface area contributed by atoms with Crippen LogP contribution in [0.25, 0.3) is 0 Å². The fourth-order valence-corrected chi connectivity index (χ4v) is 2.39. The van der Waals surface area contributed by atoms with Crippen LogP contribution in [0.2, 0.25) is 0 Å². The van der Waals surface area contributed by atoms with Crippen LogP contribution >= 0.6 is 0 Å². The molecule has 0 atom stereocenters. The molecule has 0 bridgehead atoms. The van der Waals surface area contributed by atoms with Gasteiger partial charge in [-0.05, 0) is 23.8 Å². The molecule has 19 heavy (non-hydrogen) atoms. The third-order valence-corrected chi connectivity index (χ3v) is 3.49. The lowest BCUT2D eigenvalue weighted by Gasteiger charge is -2.10. The Morgan fingerprint density at radius 2 is 1.58 bits per heavy atom. The molecule has 2 rings (SSSR count). The van der Waals surface area contributed by atoms with Gasteiger partial charge in [-0.25, -0.2) is 5.43 Å². The van der Waals surface area contributed by atoms with Crippen LogP contribution < -0.4 is 10.9 Å². The topological polar surface area (TPSA) is 78.4 Å². The molecule has 5 nitrogen and oxygen atoms in total. The van der Waals surface area contributed by atoms with Gasteiger partial charge >= 0.3 is 0 Å². The molecule has 0 saturated heterocycles. The SMILES string of the molecule is O=S(=O)(O)c1ccccc1CNNc1ccccc1. The lowest BCUT2D eigenvalue weighted by molar-refractivity contribution is 0.481.